The van der Waals surface area contributed by atoms with Crippen molar-refractivity contribution in [1.82, 2.24) is 0 Å². The molecule has 0 aromatic carbocycles. The fourth-order valence-corrected chi connectivity index (χ4v) is 4.90. The normalized spacial score (nSPS) is 14.1. The van der Waals surface area contributed by atoms with E-state index in [-0.39, 0.29) is 32.7 Å². The number of carboxylic acids is 1. The number of rotatable bonds is 37. The topological polar surface area (TPSA) is 111 Å². The predicted molar refractivity (Wildman–Crippen MR) is 241 cm³/mol. The molecule has 0 amide bonds. The Morgan fingerprint density at radius 1 is 0.508 bits per heavy atom. The van der Waals surface area contributed by atoms with E-state index in [0.29, 0.717) is 23.9 Å². The number of carbonyl (C=O) groups excluding carboxylic acids is 3. The number of aliphatic carboxylic acids is 1. The Hall–Kier alpha value is -4.31. The van der Waals surface area contributed by atoms with Crippen LogP contribution in [0.25, 0.3) is 0 Å². The number of nitrogens with zero attached hydrogens (tertiary/aromatic N) is 1. The molecule has 0 aromatic rings. The number of ether oxygens (including phenoxy) is 4. The second-order valence-electron chi connectivity index (χ2n) is 14.9. The minimum atomic E-state index is -1.65. The van der Waals surface area contributed by atoms with Crippen LogP contribution in [0.3, 0.4) is 0 Å². The number of hydrogen-bond donors (Lipinski definition) is 0. The number of quaternary nitrogens is 1. The molecular weight excluding hydrogens is 743 g/mol. The molecule has 0 aliphatic rings. The molecule has 9 nitrogen and oxygen atoms in total. The standard InChI is InChI=1S/C50H77NO8/c1-6-8-10-12-14-16-18-20-21-22-23-24-25-26-27-29-31-33-35-37-39-41-48(53)59-46(45-58-50(49(54)55)56-43-42-51(3,4)5)44-57-47(52)40-38-36-34-32-30-28-19-17-15-13-11-9-7-2/h8-11,14-17,20-21,23-24,26-28,30-31,33-34,36,46,50H,6-7,12-13,18-19,22,25,29,32,35,37-45H2,1-5H3/b10-8-,11-9-,16-14-,17-15-,21-20-,24-23-,27-26-,30-28-,33-31-,36-34-. The number of allylic oxidation sites excluding steroid dienone is 20. The number of esters is 2. The van der Waals surface area contributed by atoms with Gasteiger partial charge in [0.15, 0.2) is 12.4 Å². The summed E-state index contributed by atoms with van der Waals surface area (Å²) in [6, 6.07) is 0. The van der Waals surface area contributed by atoms with Gasteiger partial charge in [-0.2, -0.15) is 0 Å². The van der Waals surface area contributed by atoms with Crippen LogP contribution in [0.5, 0.6) is 0 Å². The first-order valence-corrected chi connectivity index (χ1v) is 21.7. The average molecular weight is 820 g/mol. The summed E-state index contributed by atoms with van der Waals surface area (Å²) >= 11 is 0. The Balaban J connectivity index is 4.65. The molecule has 0 saturated heterocycles. The highest BCUT2D eigenvalue weighted by atomic mass is 16.7. The van der Waals surface area contributed by atoms with E-state index in [0.717, 1.165) is 77.0 Å². The van der Waals surface area contributed by atoms with Crippen molar-refractivity contribution in [2.75, 3.05) is 47.5 Å². The lowest BCUT2D eigenvalue weighted by atomic mass is 10.2. The fraction of sp³-hybridized carbons (Fsp3) is 0.540. The van der Waals surface area contributed by atoms with E-state index < -0.39 is 30.3 Å². The highest BCUT2D eigenvalue weighted by molar-refractivity contribution is 5.70. The lowest BCUT2D eigenvalue weighted by Crippen LogP contribution is -2.44. The van der Waals surface area contributed by atoms with Gasteiger partial charge in [-0.25, -0.2) is 0 Å². The van der Waals surface area contributed by atoms with Crippen LogP contribution in [0.15, 0.2) is 122 Å². The van der Waals surface area contributed by atoms with Crippen molar-refractivity contribution in [2.24, 2.45) is 0 Å². The van der Waals surface area contributed by atoms with Gasteiger partial charge in [-0.05, 0) is 89.9 Å². The Morgan fingerprint density at radius 3 is 1.36 bits per heavy atom. The number of unbranched alkanes of at least 4 members (excludes halogenated alkanes) is 2. The van der Waals surface area contributed by atoms with E-state index in [1.165, 1.54) is 0 Å². The maximum Gasteiger partial charge on any atom is 0.306 e. The van der Waals surface area contributed by atoms with Gasteiger partial charge in [0, 0.05) is 12.8 Å². The zero-order valence-corrected chi connectivity index (χ0v) is 37.1. The first-order chi connectivity index (χ1) is 28.6. The van der Waals surface area contributed by atoms with Gasteiger partial charge in [-0.15, -0.1) is 0 Å². The second kappa shape index (κ2) is 40.5. The number of carbonyl (C=O) groups is 3. The van der Waals surface area contributed by atoms with Gasteiger partial charge in [-0.1, -0.05) is 135 Å². The van der Waals surface area contributed by atoms with E-state index in [1.54, 1.807) is 0 Å². The predicted octanol–water partition coefficient (Wildman–Crippen LogP) is 10.1. The van der Waals surface area contributed by atoms with Gasteiger partial charge >= 0.3 is 11.9 Å². The lowest BCUT2D eigenvalue weighted by Gasteiger charge is -2.26. The number of carboxylic acid groups (broad SMARTS) is 1. The maximum atomic E-state index is 12.7. The highest BCUT2D eigenvalue weighted by Gasteiger charge is 2.21. The zero-order chi connectivity index (χ0) is 43.5. The van der Waals surface area contributed by atoms with E-state index in [2.05, 4.69) is 123 Å². The summed E-state index contributed by atoms with van der Waals surface area (Å²) in [5, 5.41) is 11.7. The molecule has 2 atom stereocenters. The molecule has 330 valence electrons. The van der Waals surface area contributed by atoms with Crippen LogP contribution in [-0.2, 0) is 33.3 Å². The summed E-state index contributed by atoms with van der Waals surface area (Å²) in [5.74, 6) is -2.48. The van der Waals surface area contributed by atoms with E-state index >= 15 is 0 Å². The smallest absolute Gasteiger partial charge is 0.306 e. The first kappa shape index (κ1) is 54.7. The largest absolute Gasteiger partial charge is 0.545 e. The molecule has 0 aliphatic heterocycles. The molecule has 9 heteroatoms. The van der Waals surface area contributed by atoms with Crippen LogP contribution >= 0.6 is 0 Å². The van der Waals surface area contributed by atoms with Crippen LogP contribution in [0, 0.1) is 0 Å². The van der Waals surface area contributed by atoms with Crippen molar-refractivity contribution < 1.29 is 42.9 Å². The Morgan fingerprint density at radius 2 is 0.932 bits per heavy atom. The number of likely N-dealkylation sites (N-methyl/N-ethyl adjacent to an activating group) is 1. The first-order valence-electron chi connectivity index (χ1n) is 21.7. The van der Waals surface area contributed by atoms with Crippen LogP contribution in [0.1, 0.15) is 117 Å². The van der Waals surface area contributed by atoms with Crippen molar-refractivity contribution >= 4 is 17.9 Å². The monoisotopic (exact) mass is 820 g/mol. The fourth-order valence-electron chi connectivity index (χ4n) is 4.90. The molecule has 0 saturated carbocycles. The van der Waals surface area contributed by atoms with Crippen LogP contribution in [-0.4, -0.2) is 82.3 Å². The van der Waals surface area contributed by atoms with Crippen molar-refractivity contribution in [3.8, 4) is 0 Å². The third-order valence-electron chi connectivity index (χ3n) is 8.22. The van der Waals surface area contributed by atoms with Crippen LogP contribution in [0.4, 0.5) is 0 Å². The molecule has 0 heterocycles. The van der Waals surface area contributed by atoms with Crippen LogP contribution in [0.2, 0.25) is 0 Å². The lowest BCUT2D eigenvalue weighted by molar-refractivity contribution is -0.870. The molecule has 0 bridgehead atoms. The minimum Gasteiger partial charge on any atom is -0.545 e. The minimum absolute atomic E-state index is 0.121. The third-order valence-corrected chi connectivity index (χ3v) is 8.22. The maximum absolute atomic E-state index is 12.7. The molecular formula is C50H77NO8. The Bertz CT molecular complexity index is 1370. The van der Waals surface area contributed by atoms with Crippen molar-refractivity contribution in [1.29, 1.82) is 0 Å². The molecule has 0 aliphatic carbocycles. The Labute approximate surface area is 357 Å². The summed E-state index contributed by atoms with van der Waals surface area (Å²) in [7, 11) is 5.85. The van der Waals surface area contributed by atoms with E-state index in [1.807, 2.05) is 33.3 Å². The zero-order valence-electron chi connectivity index (χ0n) is 37.1. The van der Waals surface area contributed by atoms with Gasteiger partial charge < -0.3 is 33.3 Å². The third kappa shape index (κ3) is 41.6. The molecule has 0 fully saturated rings. The molecule has 0 N–H and O–H groups in total. The second-order valence-corrected chi connectivity index (χ2v) is 14.9. The van der Waals surface area contributed by atoms with Gasteiger partial charge in [0.25, 0.3) is 0 Å². The number of hydrogen-bond acceptors (Lipinski definition) is 8. The van der Waals surface area contributed by atoms with Crippen LogP contribution < -0.4 is 5.11 Å². The molecule has 2 unspecified atom stereocenters. The molecule has 0 radical (unpaired) electrons. The van der Waals surface area contributed by atoms with E-state index in [4.69, 9.17) is 18.9 Å². The summed E-state index contributed by atoms with van der Waals surface area (Å²) in [6.07, 6.45) is 52.6. The highest BCUT2D eigenvalue weighted by Crippen LogP contribution is 2.09. The quantitative estimate of drug-likeness (QED) is 0.0200. The van der Waals surface area contributed by atoms with Gasteiger partial charge in [0.1, 0.15) is 13.2 Å². The average Bonchev–Trinajstić information content (AvgIpc) is 3.19. The van der Waals surface area contributed by atoms with Gasteiger partial charge in [0.05, 0.1) is 40.3 Å². The summed E-state index contributed by atoms with van der Waals surface area (Å²) in [6.45, 7) is 4.32. The molecule has 0 rings (SSSR count). The summed E-state index contributed by atoms with van der Waals surface area (Å²) in [4.78, 5) is 36.9. The van der Waals surface area contributed by atoms with Crippen molar-refractivity contribution in [2.45, 2.75) is 129 Å². The van der Waals surface area contributed by atoms with E-state index in [9.17, 15) is 19.5 Å². The molecule has 0 aromatic heterocycles. The summed E-state index contributed by atoms with van der Waals surface area (Å²) in [5.41, 5.74) is 0. The van der Waals surface area contributed by atoms with Gasteiger partial charge in [0.2, 0.25) is 0 Å². The van der Waals surface area contributed by atoms with Crippen molar-refractivity contribution in [3.05, 3.63) is 122 Å². The molecule has 0 spiro atoms. The van der Waals surface area contributed by atoms with Crippen molar-refractivity contribution in [3.63, 3.8) is 0 Å². The Kier molecular flexibility index (Phi) is 37.5. The SMILES string of the molecule is CC/C=C\C/C=C\C/C=C\C/C=C\C/C=C\C/C=C\CCCCC(=O)OC(COC(=O)CC/C=C\C/C=C\C/C=C\C/C=C\CC)COC(OCC[N+](C)(C)C)C(=O)[O-]. The van der Waals surface area contributed by atoms with Gasteiger partial charge in [-0.3, -0.25) is 9.59 Å². The molecule has 59 heavy (non-hydrogen) atoms. The summed E-state index contributed by atoms with van der Waals surface area (Å²) < 4.78 is 22.4.